The SMILES string of the molecule is CC(C)(C)OC(=O)NCCCN1CCC(NC(O)OCc2ccccc2)CC1. The van der Waals surface area contributed by atoms with Crippen molar-refractivity contribution >= 4 is 6.09 Å². The molecule has 0 bridgehead atoms. The predicted octanol–water partition coefficient (Wildman–Crippen LogP) is 2.45. The molecule has 1 saturated heterocycles. The molecule has 0 aromatic heterocycles. The van der Waals surface area contributed by atoms with Gasteiger partial charge in [-0.25, -0.2) is 4.79 Å². The van der Waals surface area contributed by atoms with Crippen LogP contribution in [0.2, 0.25) is 0 Å². The second-order valence-electron chi connectivity index (χ2n) is 8.21. The number of benzene rings is 1. The number of hydrogen-bond donors (Lipinski definition) is 3. The third-order valence-corrected chi connectivity index (χ3v) is 4.54. The Kier molecular flexibility index (Phi) is 9.18. The van der Waals surface area contributed by atoms with Crippen molar-refractivity contribution < 1.29 is 19.4 Å². The van der Waals surface area contributed by atoms with Crippen LogP contribution in [0.3, 0.4) is 0 Å². The molecule has 1 amide bonds. The van der Waals surface area contributed by atoms with E-state index in [1.807, 2.05) is 51.1 Å². The molecule has 3 N–H and O–H groups in total. The second kappa shape index (κ2) is 11.4. The fourth-order valence-corrected chi connectivity index (χ4v) is 3.13. The van der Waals surface area contributed by atoms with Gasteiger partial charge in [0.1, 0.15) is 5.60 Å². The molecule has 0 aliphatic carbocycles. The number of carbonyl (C=O) groups excluding carboxylic acids is 1. The lowest BCUT2D eigenvalue weighted by molar-refractivity contribution is -0.136. The molecule has 28 heavy (non-hydrogen) atoms. The largest absolute Gasteiger partial charge is 0.444 e. The minimum Gasteiger partial charge on any atom is -0.444 e. The first kappa shape index (κ1) is 22.6. The molecule has 1 aliphatic heterocycles. The van der Waals surface area contributed by atoms with E-state index in [0.717, 1.165) is 44.5 Å². The van der Waals surface area contributed by atoms with Crippen LogP contribution in [0.25, 0.3) is 0 Å². The molecule has 1 fully saturated rings. The number of ether oxygens (including phenoxy) is 2. The van der Waals surface area contributed by atoms with E-state index in [0.29, 0.717) is 13.2 Å². The molecule has 0 radical (unpaired) electrons. The molecule has 7 nitrogen and oxygen atoms in total. The minimum absolute atomic E-state index is 0.252. The third kappa shape index (κ3) is 9.50. The lowest BCUT2D eigenvalue weighted by atomic mass is 10.1. The van der Waals surface area contributed by atoms with Gasteiger partial charge in [0.05, 0.1) is 6.61 Å². The highest BCUT2D eigenvalue weighted by Gasteiger charge is 2.21. The highest BCUT2D eigenvalue weighted by molar-refractivity contribution is 5.67. The van der Waals surface area contributed by atoms with Gasteiger partial charge < -0.3 is 24.8 Å². The molecule has 1 heterocycles. The number of likely N-dealkylation sites (tertiary alicyclic amines) is 1. The van der Waals surface area contributed by atoms with Crippen LogP contribution in [0.1, 0.15) is 45.6 Å². The number of hydrogen-bond acceptors (Lipinski definition) is 6. The molecular weight excluding hydrogens is 358 g/mol. The van der Waals surface area contributed by atoms with Crippen LogP contribution in [0, 0.1) is 0 Å². The number of nitrogens with zero attached hydrogens (tertiary/aromatic N) is 1. The van der Waals surface area contributed by atoms with Crippen LogP contribution in [0.5, 0.6) is 0 Å². The van der Waals surface area contributed by atoms with Crippen molar-refractivity contribution in [3.05, 3.63) is 35.9 Å². The first-order valence-electron chi connectivity index (χ1n) is 10.1. The zero-order chi connectivity index (χ0) is 20.4. The van der Waals surface area contributed by atoms with Crippen molar-refractivity contribution in [2.75, 3.05) is 26.2 Å². The zero-order valence-electron chi connectivity index (χ0n) is 17.3. The van der Waals surface area contributed by atoms with Crippen LogP contribution in [-0.2, 0) is 16.1 Å². The van der Waals surface area contributed by atoms with E-state index >= 15 is 0 Å². The number of rotatable bonds is 9. The lowest BCUT2D eigenvalue weighted by Gasteiger charge is -2.33. The summed E-state index contributed by atoms with van der Waals surface area (Å²) in [7, 11) is 0. The Balaban J connectivity index is 1.53. The van der Waals surface area contributed by atoms with Crippen LogP contribution in [-0.4, -0.2) is 60.3 Å². The first-order chi connectivity index (χ1) is 13.3. The summed E-state index contributed by atoms with van der Waals surface area (Å²) < 4.78 is 10.7. The molecule has 1 aliphatic rings. The Morgan fingerprint density at radius 2 is 1.93 bits per heavy atom. The topological polar surface area (TPSA) is 83.1 Å². The van der Waals surface area contributed by atoms with Crippen LogP contribution < -0.4 is 10.6 Å². The molecule has 7 heteroatoms. The van der Waals surface area contributed by atoms with Gasteiger partial charge in [0.15, 0.2) is 0 Å². The number of aliphatic hydroxyl groups is 1. The van der Waals surface area contributed by atoms with Crippen LogP contribution >= 0.6 is 0 Å². The summed E-state index contributed by atoms with van der Waals surface area (Å²) in [5.74, 6) is 0. The van der Waals surface area contributed by atoms with Crippen LogP contribution in [0.15, 0.2) is 30.3 Å². The Morgan fingerprint density at radius 1 is 1.25 bits per heavy atom. The van der Waals surface area contributed by atoms with Gasteiger partial charge >= 0.3 is 6.09 Å². The number of nitrogens with one attached hydrogen (secondary N) is 2. The van der Waals surface area contributed by atoms with Crippen molar-refractivity contribution in [1.29, 1.82) is 0 Å². The second-order valence-corrected chi connectivity index (χ2v) is 8.21. The minimum atomic E-state index is -0.949. The monoisotopic (exact) mass is 393 g/mol. The fourth-order valence-electron chi connectivity index (χ4n) is 3.13. The Labute approximate surface area is 168 Å². The van der Waals surface area contributed by atoms with Gasteiger partial charge in [-0.2, -0.15) is 0 Å². The Bertz CT molecular complexity index is 569. The highest BCUT2D eigenvalue weighted by Crippen LogP contribution is 2.12. The average Bonchev–Trinajstić information content (AvgIpc) is 2.64. The van der Waals surface area contributed by atoms with Gasteiger partial charge in [0.2, 0.25) is 6.41 Å². The molecule has 1 atom stereocenters. The molecule has 1 aromatic carbocycles. The summed E-state index contributed by atoms with van der Waals surface area (Å²) in [6.45, 7) is 9.44. The number of piperidine rings is 1. The predicted molar refractivity (Wildman–Crippen MR) is 109 cm³/mol. The van der Waals surface area contributed by atoms with Gasteiger partial charge in [-0.1, -0.05) is 30.3 Å². The molecular formula is C21H35N3O4. The summed E-state index contributed by atoms with van der Waals surface area (Å²) in [4.78, 5) is 14.0. The van der Waals surface area contributed by atoms with Crippen molar-refractivity contribution in [2.45, 2.75) is 64.7 Å². The van der Waals surface area contributed by atoms with E-state index in [1.165, 1.54) is 0 Å². The highest BCUT2D eigenvalue weighted by atomic mass is 16.6. The summed E-state index contributed by atoms with van der Waals surface area (Å²) in [6.07, 6.45) is 1.51. The van der Waals surface area contributed by atoms with E-state index in [1.54, 1.807) is 0 Å². The molecule has 1 aromatic rings. The first-order valence-corrected chi connectivity index (χ1v) is 10.1. The maximum Gasteiger partial charge on any atom is 0.407 e. The van der Waals surface area contributed by atoms with E-state index < -0.39 is 12.0 Å². The number of alkyl carbamates (subject to hydrolysis) is 1. The quantitative estimate of drug-likeness (QED) is 0.442. The van der Waals surface area contributed by atoms with Gasteiger partial charge in [-0.15, -0.1) is 0 Å². The van der Waals surface area contributed by atoms with Gasteiger partial charge in [-0.05, 0) is 65.2 Å². The molecule has 2 rings (SSSR count). The zero-order valence-corrected chi connectivity index (χ0v) is 17.3. The lowest BCUT2D eigenvalue weighted by Crippen LogP contribution is -2.47. The van der Waals surface area contributed by atoms with E-state index in [9.17, 15) is 9.90 Å². The molecule has 0 saturated carbocycles. The van der Waals surface area contributed by atoms with E-state index in [4.69, 9.17) is 9.47 Å². The maximum atomic E-state index is 11.6. The van der Waals surface area contributed by atoms with Gasteiger partial charge in [-0.3, -0.25) is 5.32 Å². The van der Waals surface area contributed by atoms with E-state index in [-0.39, 0.29) is 12.1 Å². The number of aliphatic hydroxyl groups excluding tert-OH is 1. The standard InChI is InChI=1S/C21H35N3O4/c1-21(2,3)28-19(25)22-12-7-13-24-14-10-18(11-15-24)23-20(26)27-16-17-8-5-4-6-9-17/h4-6,8-9,18,20,23,26H,7,10-16H2,1-3H3,(H,22,25). The summed E-state index contributed by atoms with van der Waals surface area (Å²) >= 11 is 0. The van der Waals surface area contributed by atoms with Crippen molar-refractivity contribution in [3.8, 4) is 0 Å². The Morgan fingerprint density at radius 3 is 2.57 bits per heavy atom. The average molecular weight is 394 g/mol. The van der Waals surface area contributed by atoms with Crippen molar-refractivity contribution in [2.24, 2.45) is 0 Å². The van der Waals surface area contributed by atoms with Crippen molar-refractivity contribution in [1.82, 2.24) is 15.5 Å². The summed E-state index contributed by atoms with van der Waals surface area (Å²) in [5, 5.41) is 16.0. The molecule has 158 valence electrons. The third-order valence-electron chi connectivity index (χ3n) is 4.54. The molecule has 0 spiro atoms. The van der Waals surface area contributed by atoms with Crippen molar-refractivity contribution in [3.63, 3.8) is 0 Å². The normalized spacial score (nSPS) is 17.3. The Hall–Kier alpha value is -1.67. The summed E-state index contributed by atoms with van der Waals surface area (Å²) in [6, 6.07) is 10.1. The number of carbonyl (C=O) groups is 1. The van der Waals surface area contributed by atoms with Crippen LogP contribution in [0.4, 0.5) is 4.79 Å². The number of amides is 1. The fraction of sp³-hybridized carbons (Fsp3) is 0.667. The smallest absolute Gasteiger partial charge is 0.407 e. The van der Waals surface area contributed by atoms with Gasteiger partial charge in [0.25, 0.3) is 0 Å². The van der Waals surface area contributed by atoms with Gasteiger partial charge in [0, 0.05) is 12.6 Å². The molecule has 1 unspecified atom stereocenters. The van der Waals surface area contributed by atoms with E-state index in [2.05, 4.69) is 15.5 Å². The summed E-state index contributed by atoms with van der Waals surface area (Å²) in [5.41, 5.74) is 0.576. The maximum absolute atomic E-state index is 11.6.